The van der Waals surface area contributed by atoms with Crippen molar-refractivity contribution in [1.82, 2.24) is 0 Å². The van der Waals surface area contributed by atoms with Gasteiger partial charge >= 0.3 is 7.60 Å². The van der Waals surface area contributed by atoms with Crippen LogP contribution in [0.1, 0.15) is 48.5 Å². The smallest absolute Gasteiger partial charge is 0.311 e. The highest BCUT2D eigenvalue weighted by atomic mass is 31.2. The van der Waals surface area contributed by atoms with Gasteiger partial charge in [-0.1, -0.05) is 48.5 Å². The molecule has 0 aliphatic carbocycles. The molecule has 20 heavy (non-hydrogen) atoms. The summed E-state index contributed by atoms with van der Waals surface area (Å²) in [5.74, 6) is 0. The lowest BCUT2D eigenvalue weighted by atomic mass is 10.2. The van der Waals surface area contributed by atoms with Gasteiger partial charge in [0.1, 0.15) is 0 Å². The Morgan fingerprint density at radius 2 is 1.05 bits per heavy atom. The molecular weight excluding hydrogens is 303 g/mol. The average molecular weight is 339 g/mol. The summed E-state index contributed by atoms with van der Waals surface area (Å²) in [5.41, 5.74) is 0. The van der Waals surface area contributed by atoms with Crippen LogP contribution in [0.2, 0.25) is 36.3 Å². The molecule has 0 aromatic carbocycles. The summed E-state index contributed by atoms with van der Waals surface area (Å²) < 4.78 is 25.5. The molecule has 0 saturated carbocycles. The fourth-order valence-electron chi connectivity index (χ4n) is 1.12. The average Bonchev–Trinajstić information content (AvgIpc) is 2.11. The van der Waals surface area contributed by atoms with E-state index in [1.807, 2.05) is 6.92 Å². The molecule has 0 aromatic rings. The lowest BCUT2D eigenvalue weighted by Gasteiger charge is -2.43. The van der Waals surface area contributed by atoms with Crippen LogP contribution in [-0.2, 0) is 13.0 Å². The Morgan fingerprint density at radius 1 is 0.800 bits per heavy atom. The van der Waals surface area contributed by atoms with E-state index < -0.39 is 24.2 Å². The summed E-state index contributed by atoms with van der Waals surface area (Å²) in [4.78, 5) is 0. The summed E-state index contributed by atoms with van der Waals surface area (Å²) >= 11 is 0. The first-order chi connectivity index (χ1) is 8.47. The van der Waals surface area contributed by atoms with Crippen LogP contribution in [0.4, 0.5) is 0 Å². The summed E-state index contributed by atoms with van der Waals surface area (Å²) in [5, 5.41) is 0.0727. The Bertz CT molecular complexity index is 347. The molecule has 0 saturated heterocycles. The SMILES string of the molecule is CCP(=O)(O[Si](C)(C)C(C)(C)C)O[Si](C)(C)C(C)(C)C. The van der Waals surface area contributed by atoms with E-state index in [2.05, 4.69) is 67.7 Å². The summed E-state index contributed by atoms with van der Waals surface area (Å²) in [6.07, 6.45) is 0.450. The van der Waals surface area contributed by atoms with Gasteiger partial charge in [-0.2, -0.15) is 0 Å². The van der Waals surface area contributed by atoms with Crippen LogP contribution in [0.25, 0.3) is 0 Å². The van der Waals surface area contributed by atoms with E-state index in [9.17, 15) is 4.57 Å². The van der Waals surface area contributed by atoms with Crippen LogP contribution >= 0.6 is 7.60 Å². The van der Waals surface area contributed by atoms with Crippen molar-refractivity contribution in [3.05, 3.63) is 0 Å². The zero-order chi connectivity index (χ0) is 16.6. The van der Waals surface area contributed by atoms with Gasteiger partial charge in [0.05, 0.1) is 0 Å². The minimum Gasteiger partial charge on any atom is -0.351 e. The van der Waals surface area contributed by atoms with Gasteiger partial charge in [0, 0.05) is 6.16 Å². The predicted octanol–water partition coefficient (Wildman–Crippen LogP) is 6.24. The standard InChI is InChI=1S/C14H35O3PSi2/c1-12-18(15,16-19(8,9)13(2,3)4)17-20(10,11)14(5,6)7/h12H2,1-11H3. The third-order valence-corrected chi connectivity index (χ3v) is 18.6. The van der Waals surface area contributed by atoms with Crippen LogP contribution in [-0.4, -0.2) is 22.8 Å². The molecule has 0 spiro atoms. The summed E-state index contributed by atoms with van der Waals surface area (Å²) in [6, 6.07) is 0. The fraction of sp³-hybridized carbons (Fsp3) is 1.00. The molecule has 0 heterocycles. The maximum absolute atomic E-state index is 13.1. The van der Waals surface area contributed by atoms with Crippen molar-refractivity contribution in [2.24, 2.45) is 0 Å². The van der Waals surface area contributed by atoms with Crippen molar-refractivity contribution in [2.45, 2.75) is 84.7 Å². The number of hydrogen-bond acceptors (Lipinski definition) is 3. The van der Waals surface area contributed by atoms with E-state index in [0.29, 0.717) is 6.16 Å². The van der Waals surface area contributed by atoms with E-state index in [-0.39, 0.29) is 10.1 Å². The normalized spacial score (nSPS) is 15.6. The molecule has 6 heteroatoms. The van der Waals surface area contributed by atoms with Crippen molar-refractivity contribution in [3.63, 3.8) is 0 Å². The zero-order valence-electron chi connectivity index (χ0n) is 15.4. The van der Waals surface area contributed by atoms with Crippen LogP contribution in [0.5, 0.6) is 0 Å². The monoisotopic (exact) mass is 338 g/mol. The van der Waals surface area contributed by atoms with Crippen molar-refractivity contribution in [2.75, 3.05) is 6.16 Å². The second-order valence-electron chi connectivity index (χ2n) is 8.63. The molecular formula is C14H35O3PSi2. The molecule has 0 radical (unpaired) electrons. The molecule has 122 valence electrons. The Balaban J connectivity index is 5.32. The number of rotatable bonds is 5. The Kier molecular flexibility index (Phi) is 6.17. The Hall–Kier alpha value is 0.584. The van der Waals surface area contributed by atoms with E-state index >= 15 is 0 Å². The van der Waals surface area contributed by atoms with Crippen molar-refractivity contribution in [1.29, 1.82) is 0 Å². The van der Waals surface area contributed by atoms with Crippen LogP contribution < -0.4 is 0 Å². The minimum absolute atomic E-state index is 0.0363. The highest BCUT2D eigenvalue weighted by Gasteiger charge is 2.47. The van der Waals surface area contributed by atoms with Crippen molar-refractivity contribution in [3.8, 4) is 0 Å². The van der Waals surface area contributed by atoms with Crippen molar-refractivity contribution >= 4 is 24.2 Å². The van der Waals surface area contributed by atoms with Gasteiger partial charge in [0.2, 0.25) is 16.6 Å². The van der Waals surface area contributed by atoms with Crippen LogP contribution in [0.3, 0.4) is 0 Å². The maximum atomic E-state index is 13.1. The quantitative estimate of drug-likeness (QED) is 0.439. The van der Waals surface area contributed by atoms with E-state index in [4.69, 9.17) is 8.43 Å². The molecule has 0 rings (SSSR count). The molecule has 3 nitrogen and oxygen atoms in total. The van der Waals surface area contributed by atoms with Gasteiger partial charge in [0.25, 0.3) is 0 Å². The van der Waals surface area contributed by atoms with E-state index in [1.54, 1.807) is 0 Å². The van der Waals surface area contributed by atoms with Crippen LogP contribution in [0.15, 0.2) is 0 Å². The first kappa shape index (κ1) is 20.6. The second-order valence-corrected chi connectivity index (χ2v) is 21.0. The first-order valence-electron chi connectivity index (χ1n) is 7.48. The highest BCUT2D eigenvalue weighted by Crippen LogP contribution is 2.58. The molecule has 0 bridgehead atoms. The molecule has 0 aliphatic heterocycles. The second kappa shape index (κ2) is 6.00. The lowest BCUT2D eigenvalue weighted by molar-refractivity contribution is 0.358. The summed E-state index contributed by atoms with van der Waals surface area (Å²) in [7, 11) is -7.18. The Labute approximate surface area is 128 Å². The van der Waals surface area contributed by atoms with E-state index in [1.165, 1.54) is 0 Å². The molecule has 0 fully saturated rings. The molecule has 0 aromatic heterocycles. The van der Waals surface area contributed by atoms with Gasteiger partial charge in [-0.3, -0.25) is 4.57 Å². The minimum atomic E-state index is -3.01. The lowest BCUT2D eigenvalue weighted by Crippen LogP contribution is -2.44. The first-order valence-corrected chi connectivity index (χ1v) is 15.0. The molecule has 0 unspecified atom stereocenters. The largest absolute Gasteiger partial charge is 0.351 e. The zero-order valence-corrected chi connectivity index (χ0v) is 18.3. The van der Waals surface area contributed by atoms with Gasteiger partial charge in [0.15, 0.2) is 0 Å². The molecule has 0 N–H and O–H groups in total. The highest BCUT2D eigenvalue weighted by molar-refractivity contribution is 7.57. The summed E-state index contributed by atoms with van der Waals surface area (Å²) in [6.45, 7) is 23.4. The van der Waals surface area contributed by atoms with E-state index in [0.717, 1.165) is 0 Å². The topological polar surface area (TPSA) is 35.5 Å². The fourth-order valence-corrected chi connectivity index (χ4v) is 10.4. The molecule has 0 amide bonds. The van der Waals surface area contributed by atoms with Crippen molar-refractivity contribution < 1.29 is 13.0 Å². The van der Waals surface area contributed by atoms with Crippen LogP contribution in [0, 0.1) is 0 Å². The Morgan fingerprint density at radius 3 is 1.20 bits per heavy atom. The number of hydrogen-bond donors (Lipinski definition) is 0. The molecule has 0 atom stereocenters. The van der Waals surface area contributed by atoms with Gasteiger partial charge in [-0.15, -0.1) is 0 Å². The van der Waals surface area contributed by atoms with Gasteiger partial charge in [-0.05, 0) is 36.3 Å². The molecule has 0 aliphatic rings. The predicted molar refractivity (Wildman–Crippen MR) is 94.7 cm³/mol. The third-order valence-electron chi connectivity index (χ3n) is 4.73. The maximum Gasteiger partial charge on any atom is 0.311 e. The van der Waals surface area contributed by atoms with Gasteiger partial charge < -0.3 is 8.43 Å². The third kappa shape index (κ3) is 5.09. The van der Waals surface area contributed by atoms with Gasteiger partial charge in [-0.25, -0.2) is 0 Å².